The van der Waals surface area contributed by atoms with Crippen molar-refractivity contribution in [3.8, 4) is 11.5 Å². The first-order valence-electron chi connectivity index (χ1n) is 10.7. The summed E-state index contributed by atoms with van der Waals surface area (Å²) < 4.78 is 6.17. The van der Waals surface area contributed by atoms with E-state index in [-0.39, 0.29) is 11.8 Å². The minimum absolute atomic E-state index is 0.00144. The minimum Gasteiger partial charge on any atom is -0.504 e. The molecule has 29 heavy (non-hydrogen) atoms. The Bertz CT molecular complexity index is 963. The molecule has 1 spiro atoms. The summed E-state index contributed by atoms with van der Waals surface area (Å²) in [5.41, 5.74) is 1.85. The number of hydrogen-bond acceptors (Lipinski definition) is 5. The third-order valence-electron chi connectivity index (χ3n) is 8.07. The number of piperidine rings is 1. The summed E-state index contributed by atoms with van der Waals surface area (Å²) in [7, 11) is 0. The smallest absolute Gasteiger partial charge is 0.165 e. The molecule has 5 heteroatoms. The van der Waals surface area contributed by atoms with Crippen LogP contribution < -0.4 is 4.74 Å². The predicted molar refractivity (Wildman–Crippen MR) is 108 cm³/mol. The molecule has 2 aliphatic carbocycles. The zero-order chi connectivity index (χ0) is 19.8. The van der Waals surface area contributed by atoms with E-state index in [1.807, 2.05) is 12.1 Å². The molecule has 2 aromatic rings. The van der Waals surface area contributed by atoms with Crippen molar-refractivity contribution in [2.75, 3.05) is 13.1 Å². The number of rotatable bonds is 3. The van der Waals surface area contributed by atoms with Gasteiger partial charge in [-0.3, -0.25) is 4.90 Å². The number of ether oxygens (including phenoxy) is 1. The zero-order valence-electron chi connectivity index (χ0n) is 16.4. The van der Waals surface area contributed by atoms with E-state index < -0.39 is 23.2 Å². The lowest BCUT2D eigenvalue weighted by Crippen LogP contribution is -2.77. The van der Waals surface area contributed by atoms with Crippen LogP contribution in [0.2, 0.25) is 0 Å². The van der Waals surface area contributed by atoms with Crippen LogP contribution in [-0.2, 0) is 18.3 Å². The molecular formula is C24H27NO4. The van der Waals surface area contributed by atoms with Crippen molar-refractivity contribution in [1.82, 2.24) is 4.90 Å². The van der Waals surface area contributed by atoms with Gasteiger partial charge in [-0.2, -0.15) is 0 Å². The first-order chi connectivity index (χ1) is 14.0. The summed E-state index contributed by atoms with van der Waals surface area (Å²) in [5.74, 6) is 0.607. The molecule has 2 aromatic carbocycles. The monoisotopic (exact) mass is 393 g/mol. The van der Waals surface area contributed by atoms with Crippen LogP contribution >= 0.6 is 0 Å². The summed E-state index contributed by atoms with van der Waals surface area (Å²) in [6, 6.07) is 14.2. The van der Waals surface area contributed by atoms with E-state index >= 15 is 0 Å². The second-order valence-electron chi connectivity index (χ2n) is 9.23. The van der Waals surface area contributed by atoms with Crippen molar-refractivity contribution in [1.29, 1.82) is 0 Å². The van der Waals surface area contributed by atoms with Crippen molar-refractivity contribution in [3.63, 3.8) is 0 Å². The number of nitrogens with zero attached hydrogens (tertiary/aromatic N) is 1. The fourth-order valence-corrected chi connectivity index (χ4v) is 6.79. The van der Waals surface area contributed by atoms with Crippen LogP contribution in [-0.4, -0.2) is 57.2 Å². The van der Waals surface area contributed by atoms with Crippen LogP contribution in [0.4, 0.5) is 0 Å². The van der Waals surface area contributed by atoms with E-state index in [1.165, 1.54) is 5.56 Å². The zero-order valence-corrected chi connectivity index (χ0v) is 16.4. The fraction of sp³-hybridized carbons (Fsp3) is 0.500. The molecule has 1 saturated carbocycles. The second kappa shape index (κ2) is 5.97. The topological polar surface area (TPSA) is 73.2 Å². The Morgan fingerprint density at radius 2 is 1.93 bits per heavy atom. The molecule has 5 nitrogen and oxygen atoms in total. The minimum atomic E-state index is -0.947. The van der Waals surface area contributed by atoms with Crippen LogP contribution in [0.1, 0.15) is 36.0 Å². The maximum absolute atomic E-state index is 12.2. The van der Waals surface area contributed by atoms with Crippen LogP contribution in [0.5, 0.6) is 11.5 Å². The van der Waals surface area contributed by atoms with Gasteiger partial charge in [-0.15, -0.1) is 0 Å². The Morgan fingerprint density at radius 3 is 2.76 bits per heavy atom. The number of phenolic OH excluding ortho intramolecular Hbond substituents is 1. The third-order valence-corrected chi connectivity index (χ3v) is 8.07. The average Bonchev–Trinajstić information content (AvgIpc) is 3.09. The van der Waals surface area contributed by atoms with Crippen molar-refractivity contribution in [2.45, 2.75) is 61.4 Å². The van der Waals surface area contributed by atoms with Crippen LogP contribution in [0.15, 0.2) is 42.5 Å². The number of aliphatic hydroxyl groups excluding tert-OH is 1. The molecule has 0 radical (unpaired) electrons. The summed E-state index contributed by atoms with van der Waals surface area (Å²) >= 11 is 0. The summed E-state index contributed by atoms with van der Waals surface area (Å²) in [4.78, 5) is 2.45. The lowest BCUT2D eigenvalue weighted by atomic mass is 9.48. The van der Waals surface area contributed by atoms with Gasteiger partial charge in [0, 0.05) is 18.2 Å². The highest BCUT2D eigenvalue weighted by Gasteiger charge is 2.72. The van der Waals surface area contributed by atoms with Gasteiger partial charge in [-0.05, 0) is 55.8 Å². The lowest BCUT2D eigenvalue weighted by molar-refractivity contribution is -0.207. The fourth-order valence-electron chi connectivity index (χ4n) is 6.79. The predicted octanol–water partition coefficient (Wildman–Crippen LogP) is 2.15. The first kappa shape index (κ1) is 17.8. The molecule has 5 atom stereocenters. The Hall–Kier alpha value is -2.08. The lowest BCUT2D eigenvalue weighted by Gasteiger charge is -2.63. The summed E-state index contributed by atoms with van der Waals surface area (Å²) in [6.45, 7) is 1.77. The van der Waals surface area contributed by atoms with E-state index in [2.05, 4.69) is 29.2 Å². The Kier molecular flexibility index (Phi) is 3.65. The van der Waals surface area contributed by atoms with E-state index in [0.717, 1.165) is 43.5 Å². The van der Waals surface area contributed by atoms with Gasteiger partial charge in [-0.25, -0.2) is 0 Å². The van der Waals surface area contributed by atoms with Crippen LogP contribution in [0.25, 0.3) is 0 Å². The third kappa shape index (κ3) is 2.16. The average molecular weight is 393 g/mol. The maximum atomic E-state index is 12.2. The van der Waals surface area contributed by atoms with Crippen molar-refractivity contribution in [3.05, 3.63) is 59.2 Å². The van der Waals surface area contributed by atoms with E-state index in [1.54, 1.807) is 6.07 Å². The highest BCUT2D eigenvalue weighted by molar-refractivity contribution is 5.62. The molecule has 4 aliphatic rings. The maximum Gasteiger partial charge on any atom is 0.165 e. The molecular weight excluding hydrogens is 366 g/mol. The second-order valence-corrected chi connectivity index (χ2v) is 9.23. The normalized spacial score (nSPS) is 37.1. The van der Waals surface area contributed by atoms with Crippen LogP contribution in [0, 0.1) is 0 Å². The highest BCUT2D eigenvalue weighted by Crippen LogP contribution is 2.65. The number of phenols is 1. The Morgan fingerprint density at radius 1 is 1.10 bits per heavy atom. The van der Waals surface area contributed by atoms with Gasteiger partial charge in [0.2, 0.25) is 0 Å². The van der Waals surface area contributed by atoms with Gasteiger partial charge >= 0.3 is 0 Å². The van der Waals surface area contributed by atoms with Gasteiger partial charge in [-0.1, -0.05) is 36.4 Å². The summed E-state index contributed by atoms with van der Waals surface area (Å²) in [5, 5.41) is 33.4. The largest absolute Gasteiger partial charge is 0.504 e. The van der Waals surface area contributed by atoms with Gasteiger partial charge in [0.1, 0.15) is 6.10 Å². The van der Waals surface area contributed by atoms with Gasteiger partial charge < -0.3 is 20.1 Å². The molecule has 0 amide bonds. The Labute approximate surface area is 170 Å². The number of likely N-dealkylation sites (tertiary alicyclic amines) is 1. The SMILES string of the molecule is Oc1ccc2c3c1O[C@H]1[C@H](O)CC[C@@]4(O)[C@@H](C2)N(CCc2ccccc2)CC[C@]314. The van der Waals surface area contributed by atoms with E-state index in [4.69, 9.17) is 4.74 Å². The number of aliphatic hydroxyl groups is 2. The molecule has 2 bridgehead atoms. The quantitative estimate of drug-likeness (QED) is 0.745. The molecule has 1 saturated heterocycles. The van der Waals surface area contributed by atoms with Crippen molar-refractivity contribution < 1.29 is 20.1 Å². The standard InChI is InChI=1S/C24H27NO4/c26-17-7-6-16-14-19-24(28)10-8-18(27)22-23(24,20(16)21(17)29-22)11-13-25(19)12-9-15-4-2-1-3-5-15/h1-7,18-19,22,26-28H,8-14H2/t18-,19-,22+,23+,24-/m1/s1. The molecule has 2 fully saturated rings. The van der Waals surface area contributed by atoms with Gasteiger partial charge in [0.25, 0.3) is 0 Å². The van der Waals surface area contributed by atoms with Crippen LogP contribution in [0.3, 0.4) is 0 Å². The van der Waals surface area contributed by atoms with Gasteiger partial charge in [0.15, 0.2) is 11.5 Å². The van der Waals surface area contributed by atoms with Crippen molar-refractivity contribution in [2.24, 2.45) is 0 Å². The van der Waals surface area contributed by atoms with Crippen molar-refractivity contribution >= 4 is 0 Å². The molecule has 3 N–H and O–H groups in total. The Balaban J connectivity index is 1.42. The van der Waals surface area contributed by atoms with E-state index in [9.17, 15) is 15.3 Å². The number of benzene rings is 2. The summed E-state index contributed by atoms with van der Waals surface area (Å²) in [6.07, 6.45) is 2.43. The molecule has 2 aliphatic heterocycles. The molecule has 0 aromatic heterocycles. The first-order valence-corrected chi connectivity index (χ1v) is 10.7. The number of hydrogen-bond donors (Lipinski definition) is 3. The number of aromatic hydroxyl groups is 1. The molecule has 152 valence electrons. The van der Waals surface area contributed by atoms with E-state index in [0.29, 0.717) is 18.6 Å². The molecule has 6 rings (SSSR count). The van der Waals surface area contributed by atoms with Gasteiger partial charge in [0.05, 0.1) is 17.1 Å². The molecule has 0 unspecified atom stereocenters. The highest BCUT2D eigenvalue weighted by atomic mass is 16.5. The molecule has 2 heterocycles.